The van der Waals surface area contributed by atoms with E-state index in [2.05, 4.69) is 0 Å². The molecule has 2 aromatic carbocycles. The quantitative estimate of drug-likeness (QED) is 0.721. The van der Waals surface area contributed by atoms with Crippen LogP contribution in [0.25, 0.3) is 11.1 Å². The van der Waals surface area contributed by atoms with Gasteiger partial charge in [-0.05, 0) is 54.3 Å². The van der Waals surface area contributed by atoms with Crippen LogP contribution in [-0.2, 0) is 6.18 Å². The van der Waals surface area contributed by atoms with Crippen molar-refractivity contribution in [2.24, 2.45) is 0 Å². The lowest BCUT2D eigenvalue weighted by Crippen LogP contribution is -2.05. The maximum atomic E-state index is 12.6. The molecule has 0 fully saturated rings. The zero-order valence-electron chi connectivity index (χ0n) is 11.1. The molecule has 20 heavy (non-hydrogen) atoms. The molecule has 0 amide bonds. The van der Waals surface area contributed by atoms with Gasteiger partial charge in [0.25, 0.3) is 0 Å². The summed E-state index contributed by atoms with van der Waals surface area (Å²) < 4.78 is 37.9. The molecule has 0 aromatic heterocycles. The Morgan fingerprint density at radius 1 is 0.900 bits per heavy atom. The van der Waals surface area contributed by atoms with Gasteiger partial charge in [-0.25, -0.2) is 0 Å². The molecule has 0 bridgehead atoms. The molecule has 0 heterocycles. The van der Waals surface area contributed by atoms with Gasteiger partial charge in [-0.15, -0.1) is 0 Å². The van der Waals surface area contributed by atoms with E-state index in [0.717, 1.165) is 35.1 Å². The van der Waals surface area contributed by atoms with Gasteiger partial charge in [0.1, 0.15) is 6.29 Å². The molecule has 4 heteroatoms. The third kappa shape index (κ3) is 2.74. The highest BCUT2D eigenvalue weighted by atomic mass is 19.4. The first-order valence-electron chi connectivity index (χ1n) is 6.07. The lowest BCUT2D eigenvalue weighted by atomic mass is 9.94. The summed E-state index contributed by atoms with van der Waals surface area (Å²) in [5, 5.41) is 0. The van der Waals surface area contributed by atoms with Crippen molar-refractivity contribution >= 4 is 6.29 Å². The summed E-state index contributed by atoms with van der Waals surface area (Å²) in [5.74, 6) is 0. The fourth-order valence-electron chi connectivity index (χ4n) is 2.20. The van der Waals surface area contributed by atoms with Crippen molar-refractivity contribution in [3.8, 4) is 11.1 Å². The summed E-state index contributed by atoms with van der Waals surface area (Å²) in [5.41, 5.74) is 2.89. The van der Waals surface area contributed by atoms with Crippen LogP contribution in [0.15, 0.2) is 36.4 Å². The SMILES string of the molecule is Cc1cc(C=O)ccc1-c1ccc(C(F)(F)F)cc1C. The highest BCUT2D eigenvalue weighted by Gasteiger charge is 2.30. The highest BCUT2D eigenvalue weighted by Crippen LogP contribution is 2.34. The zero-order chi connectivity index (χ0) is 14.9. The van der Waals surface area contributed by atoms with Crippen molar-refractivity contribution in [3.05, 3.63) is 58.7 Å². The van der Waals surface area contributed by atoms with Gasteiger partial charge >= 0.3 is 6.18 Å². The summed E-state index contributed by atoms with van der Waals surface area (Å²) in [7, 11) is 0. The first-order chi connectivity index (χ1) is 9.32. The maximum absolute atomic E-state index is 12.6. The van der Waals surface area contributed by atoms with Crippen molar-refractivity contribution in [2.75, 3.05) is 0 Å². The largest absolute Gasteiger partial charge is 0.416 e. The minimum absolute atomic E-state index is 0.552. The Bertz CT molecular complexity index is 657. The number of aldehydes is 1. The van der Waals surface area contributed by atoms with Crippen LogP contribution in [0.1, 0.15) is 27.0 Å². The second-order valence-electron chi connectivity index (χ2n) is 4.72. The van der Waals surface area contributed by atoms with E-state index in [1.807, 2.05) is 6.92 Å². The average molecular weight is 278 g/mol. The minimum atomic E-state index is -4.33. The number of benzene rings is 2. The number of aryl methyl sites for hydroxylation is 2. The van der Waals surface area contributed by atoms with Crippen LogP contribution in [-0.4, -0.2) is 6.29 Å². The Morgan fingerprint density at radius 2 is 1.45 bits per heavy atom. The van der Waals surface area contributed by atoms with E-state index in [0.29, 0.717) is 11.1 Å². The van der Waals surface area contributed by atoms with Crippen LogP contribution >= 0.6 is 0 Å². The van der Waals surface area contributed by atoms with E-state index < -0.39 is 11.7 Å². The van der Waals surface area contributed by atoms with E-state index in [1.165, 1.54) is 6.07 Å². The second kappa shape index (κ2) is 5.12. The molecule has 0 aliphatic carbocycles. The van der Waals surface area contributed by atoms with Crippen LogP contribution in [0.4, 0.5) is 13.2 Å². The van der Waals surface area contributed by atoms with Crippen LogP contribution in [0.2, 0.25) is 0 Å². The van der Waals surface area contributed by atoms with Gasteiger partial charge in [0.2, 0.25) is 0 Å². The molecule has 1 nitrogen and oxygen atoms in total. The van der Waals surface area contributed by atoms with Crippen LogP contribution in [0, 0.1) is 13.8 Å². The third-order valence-electron chi connectivity index (χ3n) is 3.23. The Balaban J connectivity index is 2.51. The number of alkyl halides is 3. The van der Waals surface area contributed by atoms with Crippen LogP contribution in [0.3, 0.4) is 0 Å². The topological polar surface area (TPSA) is 17.1 Å². The lowest BCUT2D eigenvalue weighted by Gasteiger charge is -2.13. The van der Waals surface area contributed by atoms with Gasteiger partial charge in [-0.1, -0.05) is 18.2 Å². The number of hydrogen-bond acceptors (Lipinski definition) is 1. The van der Waals surface area contributed by atoms with E-state index in [9.17, 15) is 18.0 Å². The second-order valence-corrected chi connectivity index (χ2v) is 4.72. The third-order valence-corrected chi connectivity index (χ3v) is 3.23. The van der Waals surface area contributed by atoms with Crippen LogP contribution < -0.4 is 0 Å². The molecular formula is C16H13F3O. The van der Waals surface area contributed by atoms with Gasteiger partial charge in [-0.3, -0.25) is 4.79 Å². The highest BCUT2D eigenvalue weighted by molar-refractivity contribution is 5.79. The molecule has 0 radical (unpaired) electrons. The van der Waals surface area contributed by atoms with Gasteiger partial charge < -0.3 is 0 Å². The number of rotatable bonds is 2. The predicted octanol–water partition coefficient (Wildman–Crippen LogP) is 4.80. The molecule has 0 saturated heterocycles. The minimum Gasteiger partial charge on any atom is -0.298 e. The molecule has 0 unspecified atom stereocenters. The van der Waals surface area contributed by atoms with E-state index >= 15 is 0 Å². The number of halogens is 3. The van der Waals surface area contributed by atoms with Crippen molar-refractivity contribution in [1.82, 2.24) is 0 Å². The summed E-state index contributed by atoms with van der Waals surface area (Å²) >= 11 is 0. The van der Waals surface area contributed by atoms with Crippen molar-refractivity contribution in [1.29, 1.82) is 0 Å². The number of carbonyl (C=O) groups excluding carboxylic acids is 1. The van der Waals surface area contributed by atoms with Gasteiger partial charge in [0.05, 0.1) is 5.56 Å². The average Bonchev–Trinajstić information content (AvgIpc) is 2.38. The molecule has 2 aromatic rings. The first kappa shape index (κ1) is 14.3. The molecule has 104 valence electrons. The van der Waals surface area contributed by atoms with Gasteiger partial charge in [0.15, 0.2) is 0 Å². The summed E-state index contributed by atoms with van der Waals surface area (Å²) in [6.45, 7) is 3.48. The molecule has 0 aliphatic heterocycles. The molecule has 0 aliphatic rings. The van der Waals surface area contributed by atoms with Gasteiger partial charge in [0, 0.05) is 5.56 Å². The van der Waals surface area contributed by atoms with E-state index in [4.69, 9.17) is 0 Å². The Morgan fingerprint density at radius 3 is 1.90 bits per heavy atom. The molecule has 0 atom stereocenters. The normalized spacial score (nSPS) is 11.4. The van der Waals surface area contributed by atoms with Gasteiger partial charge in [-0.2, -0.15) is 13.2 Å². The Labute approximate surface area is 115 Å². The summed E-state index contributed by atoms with van der Waals surface area (Å²) in [6.07, 6.45) is -3.59. The summed E-state index contributed by atoms with van der Waals surface area (Å²) in [6, 6.07) is 8.83. The molecule has 0 saturated carbocycles. The molecule has 2 rings (SSSR count). The monoisotopic (exact) mass is 278 g/mol. The fourth-order valence-corrected chi connectivity index (χ4v) is 2.20. The standard InChI is InChI=1S/C16H13F3O/c1-10-7-12(9-20)3-5-14(10)15-6-4-13(8-11(15)2)16(17,18)19/h3-9H,1-2H3. The van der Waals surface area contributed by atoms with E-state index in [1.54, 1.807) is 25.1 Å². The number of carbonyl (C=O) groups is 1. The molecular weight excluding hydrogens is 265 g/mol. The maximum Gasteiger partial charge on any atom is 0.416 e. The zero-order valence-corrected chi connectivity index (χ0v) is 11.1. The molecule has 0 N–H and O–H groups in total. The van der Waals surface area contributed by atoms with Crippen molar-refractivity contribution in [3.63, 3.8) is 0 Å². The lowest BCUT2D eigenvalue weighted by molar-refractivity contribution is -0.137. The fraction of sp³-hybridized carbons (Fsp3) is 0.188. The van der Waals surface area contributed by atoms with Crippen LogP contribution in [0.5, 0.6) is 0 Å². The Kier molecular flexibility index (Phi) is 3.66. The predicted molar refractivity (Wildman–Crippen MR) is 71.7 cm³/mol. The van der Waals surface area contributed by atoms with Crippen molar-refractivity contribution < 1.29 is 18.0 Å². The van der Waals surface area contributed by atoms with E-state index in [-0.39, 0.29) is 0 Å². The smallest absolute Gasteiger partial charge is 0.298 e. The number of hydrogen-bond donors (Lipinski definition) is 0. The first-order valence-corrected chi connectivity index (χ1v) is 6.07. The Hall–Kier alpha value is -2.10. The molecule has 0 spiro atoms. The van der Waals surface area contributed by atoms with Crippen molar-refractivity contribution in [2.45, 2.75) is 20.0 Å². The summed E-state index contributed by atoms with van der Waals surface area (Å²) in [4.78, 5) is 10.7.